The van der Waals surface area contributed by atoms with Gasteiger partial charge in [0.05, 0.1) is 12.0 Å². The zero-order valence-corrected chi connectivity index (χ0v) is 9.78. The van der Waals surface area contributed by atoms with E-state index in [1.807, 2.05) is 13.8 Å². The van der Waals surface area contributed by atoms with Crippen molar-refractivity contribution in [2.45, 2.75) is 33.1 Å². The predicted octanol–water partition coefficient (Wildman–Crippen LogP) is 1.75. The fourth-order valence-corrected chi connectivity index (χ4v) is 1.70. The zero-order chi connectivity index (χ0) is 9.73. The Bertz CT molecular complexity index is 177. The molecule has 0 radical (unpaired) electrons. The summed E-state index contributed by atoms with van der Waals surface area (Å²) in [7, 11) is 0. The van der Waals surface area contributed by atoms with Crippen LogP contribution in [0.15, 0.2) is 0 Å². The van der Waals surface area contributed by atoms with E-state index in [2.05, 4.69) is 5.32 Å². The van der Waals surface area contributed by atoms with Crippen LogP contribution < -0.4 is 5.32 Å². The summed E-state index contributed by atoms with van der Waals surface area (Å²) < 4.78 is 5.06. The third kappa shape index (κ3) is 3.46. The summed E-state index contributed by atoms with van der Waals surface area (Å²) >= 11 is 0. The van der Waals surface area contributed by atoms with E-state index in [0.717, 1.165) is 32.4 Å². The van der Waals surface area contributed by atoms with Gasteiger partial charge in [-0.2, -0.15) is 0 Å². The van der Waals surface area contributed by atoms with Crippen molar-refractivity contribution in [1.29, 1.82) is 0 Å². The lowest BCUT2D eigenvalue weighted by Crippen LogP contribution is -2.38. The minimum atomic E-state index is -0.299. The van der Waals surface area contributed by atoms with Gasteiger partial charge in [0.15, 0.2) is 0 Å². The first-order chi connectivity index (χ1) is 6.19. The van der Waals surface area contributed by atoms with E-state index in [1.165, 1.54) is 0 Å². The van der Waals surface area contributed by atoms with Gasteiger partial charge in [-0.05, 0) is 33.2 Å². The molecule has 0 aromatic heterocycles. The van der Waals surface area contributed by atoms with E-state index < -0.39 is 0 Å². The van der Waals surface area contributed by atoms with Crippen LogP contribution in [-0.2, 0) is 9.53 Å². The molecule has 1 fully saturated rings. The van der Waals surface area contributed by atoms with Crippen LogP contribution in [-0.4, -0.2) is 25.7 Å². The summed E-state index contributed by atoms with van der Waals surface area (Å²) in [6.45, 7) is 6.10. The second kappa shape index (κ2) is 6.25. The molecular formula is C10H20ClNO2. The lowest BCUT2D eigenvalue weighted by Gasteiger charge is -2.25. The van der Waals surface area contributed by atoms with Gasteiger partial charge in [0.25, 0.3) is 0 Å². The molecule has 84 valence electrons. The average molecular weight is 222 g/mol. The Morgan fingerprint density at radius 3 is 2.86 bits per heavy atom. The van der Waals surface area contributed by atoms with Crippen molar-refractivity contribution in [2.75, 3.05) is 19.7 Å². The van der Waals surface area contributed by atoms with Gasteiger partial charge < -0.3 is 10.1 Å². The van der Waals surface area contributed by atoms with E-state index in [1.54, 1.807) is 0 Å². The Hall–Kier alpha value is -0.280. The van der Waals surface area contributed by atoms with Gasteiger partial charge in [0, 0.05) is 6.54 Å². The first-order valence-corrected chi connectivity index (χ1v) is 5.07. The van der Waals surface area contributed by atoms with Gasteiger partial charge in [0.2, 0.25) is 0 Å². The number of carbonyl (C=O) groups is 1. The van der Waals surface area contributed by atoms with Gasteiger partial charge in [0.1, 0.15) is 0 Å². The topological polar surface area (TPSA) is 38.3 Å². The summed E-state index contributed by atoms with van der Waals surface area (Å²) in [5.74, 6) is -0.0515. The molecule has 0 saturated carbocycles. The van der Waals surface area contributed by atoms with Crippen molar-refractivity contribution in [3.8, 4) is 0 Å². The molecule has 0 aromatic rings. The average Bonchev–Trinajstić information content (AvgIpc) is 2.32. The smallest absolute Gasteiger partial charge is 0.313 e. The molecule has 1 heterocycles. The quantitative estimate of drug-likeness (QED) is 0.723. The van der Waals surface area contributed by atoms with E-state index in [0.29, 0.717) is 6.61 Å². The van der Waals surface area contributed by atoms with Crippen LogP contribution in [0.5, 0.6) is 0 Å². The standard InChI is InChI=1S/C10H19NO2.ClH/c1-3-13-9(12)10(2)6-4-5-7-11-8-10;/h11H,3-8H2,1-2H3;1H. The van der Waals surface area contributed by atoms with E-state index in [4.69, 9.17) is 4.74 Å². The molecule has 1 saturated heterocycles. The van der Waals surface area contributed by atoms with Gasteiger partial charge in [-0.25, -0.2) is 0 Å². The Kier molecular flexibility index (Phi) is 6.12. The lowest BCUT2D eigenvalue weighted by atomic mass is 9.86. The predicted molar refractivity (Wildman–Crippen MR) is 58.7 cm³/mol. The number of carbonyl (C=O) groups excluding carboxylic acids is 1. The van der Waals surface area contributed by atoms with Crippen molar-refractivity contribution >= 4 is 18.4 Å². The van der Waals surface area contributed by atoms with Gasteiger partial charge >= 0.3 is 5.97 Å². The highest BCUT2D eigenvalue weighted by molar-refractivity contribution is 5.85. The number of halogens is 1. The maximum absolute atomic E-state index is 11.6. The number of hydrogen-bond acceptors (Lipinski definition) is 3. The van der Waals surface area contributed by atoms with Crippen molar-refractivity contribution < 1.29 is 9.53 Å². The highest BCUT2D eigenvalue weighted by Crippen LogP contribution is 2.26. The van der Waals surface area contributed by atoms with Crippen molar-refractivity contribution in [3.05, 3.63) is 0 Å². The summed E-state index contributed by atoms with van der Waals surface area (Å²) in [4.78, 5) is 11.6. The third-order valence-corrected chi connectivity index (χ3v) is 2.62. The number of rotatable bonds is 2. The molecule has 1 aliphatic rings. The van der Waals surface area contributed by atoms with Gasteiger partial charge in [-0.3, -0.25) is 4.79 Å². The first-order valence-electron chi connectivity index (χ1n) is 5.07. The lowest BCUT2D eigenvalue weighted by molar-refractivity contribution is -0.154. The second-order valence-electron chi connectivity index (χ2n) is 3.92. The van der Waals surface area contributed by atoms with Crippen LogP contribution in [0.4, 0.5) is 0 Å². The third-order valence-electron chi connectivity index (χ3n) is 2.62. The van der Waals surface area contributed by atoms with E-state index >= 15 is 0 Å². The Morgan fingerprint density at radius 1 is 1.50 bits per heavy atom. The van der Waals surface area contributed by atoms with Crippen LogP contribution in [0.25, 0.3) is 0 Å². The SMILES string of the molecule is CCOC(=O)C1(C)CCCCNC1.Cl. The summed E-state index contributed by atoms with van der Waals surface area (Å²) in [5, 5.41) is 3.28. The van der Waals surface area contributed by atoms with Gasteiger partial charge in [-0.1, -0.05) is 6.42 Å². The second-order valence-corrected chi connectivity index (χ2v) is 3.92. The summed E-state index contributed by atoms with van der Waals surface area (Å²) in [5.41, 5.74) is -0.299. The van der Waals surface area contributed by atoms with Crippen LogP contribution in [0.2, 0.25) is 0 Å². The molecule has 0 aliphatic carbocycles. The summed E-state index contributed by atoms with van der Waals surface area (Å²) in [6.07, 6.45) is 3.22. The number of hydrogen-bond donors (Lipinski definition) is 1. The van der Waals surface area contributed by atoms with Crippen LogP contribution in [0, 0.1) is 5.41 Å². The largest absolute Gasteiger partial charge is 0.466 e. The number of ether oxygens (including phenoxy) is 1. The molecule has 1 rings (SSSR count). The molecule has 0 bridgehead atoms. The number of nitrogens with one attached hydrogen (secondary N) is 1. The normalized spacial score (nSPS) is 27.3. The maximum atomic E-state index is 11.6. The molecule has 1 unspecified atom stereocenters. The highest BCUT2D eigenvalue weighted by atomic mass is 35.5. The molecule has 0 spiro atoms. The molecular weight excluding hydrogens is 202 g/mol. The molecule has 1 atom stereocenters. The molecule has 1 N–H and O–H groups in total. The van der Waals surface area contributed by atoms with Crippen LogP contribution >= 0.6 is 12.4 Å². The fraction of sp³-hybridized carbons (Fsp3) is 0.900. The van der Waals surface area contributed by atoms with Gasteiger partial charge in [-0.15, -0.1) is 12.4 Å². The van der Waals surface area contributed by atoms with Crippen molar-refractivity contribution in [1.82, 2.24) is 5.32 Å². The Morgan fingerprint density at radius 2 is 2.21 bits per heavy atom. The molecule has 3 nitrogen and oxygen atoms in total. The Balaban J connectivity index is 0.00000169. The molecule has 4 heteroatoms. The minimum Gasteiger partial charge on any atom is -0.466 e. The van der Waals surface area contributed by atoms with Crippen molar-refractivity contribution in [3.63, 3.8) is 0 Å². The molecule has 0 amide bonds. The zero-order valence-electron chi connectivity index (χ0n) is 8.97. The minimum absolute atomic E-state index is 0. The first kappa shape index (κ1) is 13.7. The van der Waals surface area contributed by atoms with Crippen molar-refractivity contribution in [2.24, 2.45) is 5.41 Å². The number of esters is 1. The highest BCUT2D eigenvalue weighted by Gasteiger charge is 2.34. The maximum Gasteiger partial charge on any atom is 0.313 e. The van der Waals surface area contributed by atoms with Crippen LogP contribution in [0.3, 0.4) is 0 Å². The fourth-order valence-electron chi connectivity index (χ4n) is 1.70. The molecule has 1 aliphatic heterocycles. The summed E-state index contributed by atoms with van der Waals surface area (Å²) in [6, 6.07) is 0. The van der Waals surface area contributed by atoms with E-state index in [9.17, 15) is 4.79 Å². The molecule has 0 aromatic carbocycles. The van der Waals surface area contributed by atoms with Crippen LogP contribution in [0.1, 0.15) is 33.1 Å². The Labute approximate surface area is 92.0 Å². The monoisotopic (exact) mass is 221 g/mol. The van der Waals surface area contributed by atoms with E-state index in [-0.39, 0.29) is 23.8 Å². The molecule has 14 heavy (non-hydrogen) atoms.